The van der Waals surface area contributed by atoms with Crippen molar-refractivity contribution < 1.29 is 9.84 Å². The van der Waals surface area contributed by atoms with Crippen LogP contribution in [0.3, 0.4) is 0 Å². The van der Waals surface area contributed by atoms with E-state index in [9.17, 15) is 5.11 Å². The van der Waals surface area contributed by atoms with Crippen molar-refractivity contribution in [3.63, 3.8) is 0 Å². The monoisotopic (exact) mass is 258 g/mol. The van der Waals surface area contributed by atoms with Gasteiger partial charge in [0.1, 0.15) is 0 Å². The highest BCUT2D eigenvalue weighted by Gasteiger charge is 2.35. The first kappa shape index (κ1) is 15.9. The van der Waals surface area contributed by atoms with Crippen LogP contribution < -0.4 is 5.32 Å². The third-order valence-electron chi connectivity index (χ3n) is 4.26. The molecule has 1 fully saturated rings. The van der Waals surface area contributed by atoms with Crippen molar-refractivity contribution in [2.24, 2.45) is 0 Å². The summed E-state index contributed by atoms with van der Waals surface area (Å²) in [4.78, 5) is 2.40. The lowest BCUT2D eigenvalue weighted by molar-refractivity contribution is 0.00917. The van der Waals surface area contributed by atoms with Gasteiger partial charge in [-0.3, -0.25) is 0 Å². The molecule has 0 aromatic heterocycles. The Labute approximate surface area is 112 Å². The quantitative estimate of drug-likeness (QED) is 0.687. The highest BCUT2D eigenvalue weighted by molar-refractivity contribution is 4.94. The second kappa shape index (κ2) is 8.10. The number of aliphatic hydroxyl groups excluding tert-OH is 1. The molecular formula is C14H30N2O2. The van der Waals surface area contributed by atoms with E-state index in [1.807, 2.05) is 0 Å². The van der Waals surface area contributed by atoms with E-state index in [1.165, 1.54) is 0 Å². The molecule has 2 unspecified atom stereocenters. The van der Waals surface area contributed by atoms with Crippen molar-refractivity contribution in [3.8, 4) is 0 Å². The number of nitrogens with one attached hydrogen (secondary N) is 1. The molecule has 0 spiro atoms. The van der Waals surface area contributed by atoms with Crippen LogP contribution in [0.15, 0.2) is 0 Å². The van der Waals surface area contributed by atoms with Crippen LogP contribution in [0.5, 0.6) is 0 Å². The maximum atomic E-state index is 9.70. The molecule has 0 radical (unpaired) electrons. The predicted molar refractivity (Wildman–Crippen MR) is 74.9 cm³/mol. The largest absolute Gasteiger partial charge is 0.394 e. The number of rotatable bonds is 8. The number of methoxy groups -OCH3 is 1. The molecule has 0 amide bonds. The van der Waals surface area contributed by atoms with Gasteiger partial charge in [0.05, 0.1) is 12.7 Å². The van der Waals surface area contributed by atoms with Crippen molar-refractivity contribution in [1.29, 1.82) is 0 Å². The molecule has 2 N–H and O–H groups in total. The third kappa shape index (κ3) is 4.50. The molecule has 18 heavy (non-hydrogen) atoms. The van der Waals surface area contributed by atoms with Crippen LogP contribution in [-0.2, 0) is 4.74 Å². The van der Waals surface area contributed by atoms with Crippen LogP contribution in [0.25, 0.3) is 0 Å². The summed E-state index contributed by atoms with van der Waals surface area (Å²) in [6, 6.07) is 0. The number of likely N-dealkylation sites (N-methyl/N-ethyl adjacent to an activating group) is 1. The van der Waals surface area contributed by atoms with Crippen LogP contribution in [0.2, 0.25) is 0 Å². The number of ether oxygens (including phenoxy) is 1. The molecule has 0 aromatic rings. The Kier molecular flexibility index (Phi) is 7.15. The summed E-state index contributed by atoms with van der Waals surface area (Å²) >= 11 is 0. The summed E-state index contributed by atoms with van der Waals surface area (Å²) in [7, 11) is 1.77. The van der Waals surface area contributed by atoms with Crippen LogP contribution in [0, 0.1) is 0 Å². The molecule has 1 aliphatic rings. The first-order valence-corrected chi connectivity index (χ1v) is 7.30. The van der Waals surface area contributed by atoms with E-state index in [4.69, 9.17) is 4.74 Å². The van der Waals surface area contributed by atoms with Gasteiger partial charge in [0, 0.05) is 25.7 Å². The second-order valence-corrected chi connectivity index (χ2v) is 5.35. The van der Waals surface area contributed by atoms with Gasteiger partial charge >= 0.3 is 0 Å². The summed E-state index contributed by atoms with van der Waals surface area (Å²) in [6.45, 7) is 8.76. The van der Waals surface area contributed by atoms with Gasteiger partial charge in [-0.1, -0.05) is 13.8 Å². The minimum absolute atomic E-state index is 0.119. The zero-order chi connectivity index (χ0) is 13.4. The van der Waals surface area contributed by atoms with Crippen molar-refractivity contribution in [3.05, 3.63) is 0 Å². The minimum Gasteiger partial charge on any atom is -0.394 e. The fourth-order valence-electron chi connectivity index (χ4n) is 2.89. The zero-order valence-corrected chi connectivity index (χ0v) is 12.2. The van der Waals surface area contributed by atoms with E-state index in [1.54, 1.807) is 7.11 Å². The van der Waals surface area contributed by atoms with Gasteiger partial charge in [0.25, 0.3) is 0 Å². The van der Waals surface area contributed by atoms with E-state index < -0.39 is 0 Å². The highest BCUT2D eigenvalue weighted by Crippen LogP contribution is 2.29. The van der Waals surface area contributed by atoms with E-state index in [0.717, 1.165) is 51.9 Å². The first-order valence-electron chi connectivity index (χ1n) is 7.30. The molecule has 0 aliphatic heterocycles. The Morgan fingerprint density at radius 2 is 2.11 bits per heavy atom. The molecule has 0 aromatic carbocycles. The molecule has 1 saturated carbocycles. The topological polar surface area (TPSA) is 44.7 Å². The molecule has 108 valence electrons. The average Bonchev–Trinajstić information content (AvgIpc) is 2.44. The predicted octanol–water partition coefficient (Wildman–Crippen LogP) is 1.24. The van der Waals surface area contributed by atoms with E-state index in [2.05, 4.69) is 24.1 Å². The molecule has 0 heterocycles. The lowest BCUT2D eigenvalue weighted by Crippen LogP contribution is -2.54. The third-order valence-corrected chi connectivity index (χ3v) is 4.26. The minimum atomic E-state index is -0.119. The van der Waals surface area contributed by atoms with Crippen molar-refractivity contribution >= 4 is 0 Å². The first-order chi connectivity index (χ1) is 8.69. The van der Waals surface area contributed by atoms with Gasteiger partial charge in [0.2, 0.25) is 0 Å². The number of aliphatic hydroxyl groups is 1. The summed E-state index contributed by atoms with van der Waals surface area (Å²) in [6.07, 6.45) is 4.54. The maximum absolute atomic E-state index is 9.70. The summed E-state index contributed by atoms with van der Waals surface area (Å²) in [5.74, 6) is 0. The lowest BCUT2D eigenvalue weighted by Gasteiger charge is -2.40. The Morgan fingerprint density at radius 1 is 1.39 bits per heavy atom. The number of nitrogens with zero attached hydrogens (tertiary/aromatic N) is 1. The fraction of sp³-hybridized carbons (Fsp3) is 1.00. The second-order valence-electron chi connectivity index (χ2n) is 5.35. The SMILES string of the molecule is CCN(CC)CCNC1(CO)CCCC(OC)C1. The van der Waals surface area contributed by atoms with E-state index >= 15 is 0 Å². The molecule has 0 bridgehead atoms. The van der Waals surface area contributed by atoms with Gasteiger partial charge in [-0.15, -0.1) is 0 Å². The zero-order valence-electron chi connectivity index (χ0n) is 12.2. The molecule has 2 atom stereocenters. The Bertz CT molecular complexity index is 222. The van der Waals surface area contributed by atoms with E-state index in [-0.39, 0.29) is 12.1 Å². The van der Waals surface area contributed by atoms with Gasteiger partial charge < -0.3 is 20.1 Å². The summed E-state index contributed by atoms with van der Waals surface area (Å²) in [5, 5.41) is 13.3. The lowest BCUT2D eigenvalue weighted by atomic mass is 9.80. The molecule has 4 nitrogen and oxygen atoms in total. The van der Waals surface area contributed by atoms with E-state index in [0.29, 0.717) is 6.10 Å². The fourth-order valence-corrected chi connectivity index (χ4v) is 2.89. The molecular weight excluding hydrogens is 228 g/mol. The molecule has 0 saturated heterocycles. The Balaban J connectivity index is 2.40. The average molecular weight is 258 g/mol. The standard InChI is InChI=1S/C14H30N2O2/c1-4-16(5-2)10-9-15-14(12-17)8-6-7-13(11-14)18-3/h13,15,17H,4-12H2,1-3H3. The Hall–Kier alpha value is -0.160. The van der Waals surface area contributed by atoms with Gasteiger partial charge in [-0.05, 0) is 38.8 Å². The van der Waals surface area contributed by atoms with Crippen LogP contribution in [0.4, 0.5) is 0 Å². The van der Waals surface area contributed by atoms with Gasteiger partial charge in [0.15, 0.2) is 0 Å². The molecule has 1 rings (SSSR count). The van der Waals surface area contributed by atoms with Crippen LogP contribution >= 0.6 is 0 Å². The van der Waals surface area contributed by atoms with Crippen molar-refractivity contribution in [2.45, 2.75) is 51.2 Å². The van der Waals surface area contributed by atoms with Crippen molar-refractivity contribution in [2.75, 3.05) is 39.9 Å². The maximum Gasteiger partial charge on any atom is 0.0614 e. The van der Waals surface area contributed by atoms with Gasteiger partial charge in [-0.2, -0.15) is 0 Å². The highest BCUT2D eigenvalue weighted by atomic mass is 16.5. The van der Waals surface area contributed by atoms with Crippen LogP contribution in [0.1, 0.15) is 39.5 Å². The van der Waals surface area contributed by atoms with Crippen molar-refractivity contribution in [1.82, 2.24) is 10.2 Å². The molecule has 4 heteroatoms. The smallest absolute Gasteiger partial charge is 0.0614 e. The summed E-state index contributed by atoms with van der Waals surface area (Å²) in [5.41, 5.74) is -0.119. The van der Waals surface area contributed by atoms with Gasteiger partial charge in [-0.25, -0.2) is 0 Å². The van der Waals surface area contributed by atoms with Crippen LogP contribution in [-0.4, -0.2) is 61.5 Å². The molecule has 1 aliphatic carbocycles. The number of hydrogen-bond donors (Lipinski definition) is 2. The summed E-state index contributed by atoms with van der Waals surface area (Å²) < 4.78 is 5.46. The Morgan fingerprint density at radius 3 is 2.67 bits per heavy atom. The number of hydrogen-bond acceptors (Lipinski definition) is 4. The normalized spacial score (nSPS) is 28.8.